The fraction of sp³-hybridized carbons (Fsp3) is 0.278. The van der Waals surface area contributed by atoms with Gasteiger partial charge in [-0.05, 0) is 42.7 Å². The highest BCUT2D eigenvalue weighted by atomic mass is 35.5. The van der Waals surface area contributed by atoms with Gasteiger partial charge in [0, 0.05) is 10.7 Å². The molecule has 2 aromatic rings. The van der Waals surface area contributed by atoms with Gasteiger partial charge in [0.1, 0.15) is 5.75 Å². The van der Waals surface area contributed by atoms with E-state index in [2.05, 4.69) is 19.2 Å². The molecule has 0 aromatic heterocycles. The third-order valence-corrected chi connectivity index (χ3v) is 3.54. The molecule has 0 saturated carbocycles. The monoisotopic (exact) mass is 317 g/mol. The Balaban J connectivity index is 2.06. The van der Waals surface area contributed by atoms with E-state index in [9.17, 15) is 4.79 Å². The molecule has 2 aromatic carbocycles. The van der Waals surface area contributed by atoms with Crippen LogP contribution in [-0.4, -0.2) is 12.0 Å². The van der Waals surface area contributed by atoms with Crippen LogP contribution < -0.4 is 10.1 Å². The number of hydrogen-bond acceptors (Lipinski definition) is 2. The van der Waals surface area contributed by atoms with Gasteiger partial charge in [0.15, 0.2) is 6.10 Å². The number of para-hydroxylation sites is 1. The minimum Gasteiger partial charge on any atom is -0.481 e. The number of halogens is 1. The summed E-state index contributed by atoms with van der Waals surface area (Å²) >= 11 is 5.91. The Morgan fingerprint density at radius 2 is 1.82 bits per heavy atom. The van der Waals surface area contributed by atoms with E-state index in [1.807, 2.05) is 24.3 Å². The lowest BCUT2D eigenvalue weighted by atomic mass is 10.0. The molecule has 4 heteroatoms. The average Bonchev–Trinajstić information content (AvgIpc) is 2.47. The standard InChI is InChI=1S/C18H20ClNO2/c1-12(2)16-9-4-5-10-17(16)22-13(3)18(21)20-15-8-6-7-14(19)11-15/h4-13H,1-3H3,(H,20,21)/t13-/m1/s1. The lowest BCUT2D eigenvalue weighted by molar-refractivity contribution is -0.122. The van der Waals surface area contributed by atoms with E-state index in [1.165, 1.54) is 0 Å². The lowest BCUT2D eigenvalue weighted by Gasteiger charge is -2.18. The topological polar surface area (TPSA) is 38.3 Å². The predicted molar refractivity (Wildman–Crippen MR) is 90.7 cm³/mol. The van der Waals surface area contributed by atoms with E-state index in [0.717, 1.165) is 11.3 Å². The Hall–Kier alpha value is -2.00. The Kier molecular flexibility index (Phi) is 5.45. The van der Waals surface area contributed by atoms with Crippen molar-refractivity contribution in [2.45, 2.75) is 32.8 Å². The number of carbonyl (C=O) groups excluding carboxylic acids is 1. The summed E-state index contributed by atoms with van der Waals surface area (Å²) in [5.74, 6) is 0.867. The minimum atomic E-state index is -0.598. The normalized spacial score (nSPS) is 12.0. The molecular formula is C18H20ClNO2. The predicted octanol–water partition coefficient (Wildman–Crippen LogP) is 4.87. The molecule has 1 amide bonds. The van der Waals surface area contributed by atoms with Crippen molar-refractivity contribution in [2.24, 2.45) is 0 Å². The van der Waals surface area contributed by atoms with Crippen LogP contribution in [0.4, 0.5) is 5.69 Å². The van der Waals surface area contributed by atoms with Gasteiger partial charge >= 0.3 is 0 Å². The Morgan fingerprint density at radius 3 is 2.50 bits per heavy atom. The summed E-state index contributed by atoms with van der Waals surface area (Å²) in [6.45, 7) is 5.93. The molecule has 0 spiro atoms. The van der Waals surface area contributed by atoms with E-state index >= 15 is 0 Å². The number of carbonyl (C=O) groups is 1. The largest absolute Gasteiger partial charge is 0.481 e. The summed E-state index contributed by atoms with van der Waals surface area (Å²) in [6, 6.07) is 14.8. The van der Waals surface area contributed by atoms with Crippen molar-refractivity contribution >= 4 is 23.2 Å². The average molecular weight is 318 g/mol. The Bertz CT molecular complexity index is 655. The first-order valence-electron chi connectivity index (χ1n) is 7.29. The molecule has 116 valence electrons. The molecule has 3 nitrogen and oxygen atoms in total. The molecule has 0 aliphatic heterocycles. The van der Waals surface area contributed by atoms with Crippen molar-refractivity contribution in [1.29, 1.82) is 0 Å². The van der Waals surface area contributed by atoms with Crippen LogP contribution >= 0.6 is 11.6 Å². The second-order valence-corrected chi connectivity index (χ2v) is 5.89. The summed E-state index contributed by atoms with van der Waals surface area (Å²) in [5.41, 5.74) is 1.75. The molecule has 2 rings (SSSR count). The molecule has 0 unspecified atom stereocenters. The van der Waals surface area contributed by atoms with Gasteiger partial charge in [0.2, 0.25) is 0 Å². The highest BCUT2D eigenvalue weighted by Gasteiger charge is 2.17. The summed E-state index contributed by atoms with van der Waals surface area (Å²) < 4.78 is 5.83. The summed E-state index contributed by atoms with van der Waals surface area (Å²) in [6.07, 6.45) is -0.598. The van der Waals surface area contributed by atoms with Crippen LogP contribution in [0.25, 0.3) is 0 Å². The first kappa shape index (κ1) is 16.4. The minimum absolute atomic E-state index is 0.208. The van der Waals surface area contributed by atoms with Crippen molar-refractivity contribution in [1.82, 2.24) is 0 Å². The highest BCUT2D eigenvalue weighted by molar-refractivity contribution is 6.30. The van der Waals surface area contributed by atoms with E-state index in [0.29, 0.717) is 16.6 Å². The van der Waals surface area contributed by atoms with Gasteiger partial charge in [0.05, 0.1) is 0 Å². The molecule has 1 N–H and O–H groups in total. The molecule has 0 aliphatic carbocycles. The second kappa shape index (κ2) is 7.32. The summed E-state index contributed by atoms with van der Waals surface area (Å²) in [7, 11) is 0. The fourth-order valence-electron chi connectivity index (χ4n) is 2.12. The summed E-state index contributed by atoms with van der Waals surface area (Å²) in [4.78, 5) is 12.2. The molecule has 22 heavy (non-hydrogen) atoms. The molecule has 0 bridgehead atoms. The van der Waals surface area contributed by atoms with Crippen LogP contribution in [0.15, 0.2) is 48.5 Å². The second-order valence-electron chi connectivity index (χ2n) is 5.45. The lowest BCUT2D eigenvalue weighted by Crippen LogP contribution is -2.30. The molecular weight excluding hydrogens is 298 g/mol. The molecule has 0 radical (unpaired) electrons. The van der Waals surface area contributed by atoms with Crippen molar-refractivity contribution in [3.8, 4) is 5.75 Å². The molecule has 0 heterocycles. The van der Waals surface area contributed by atoms with E-state index in [4.69, 9.17) is 16.3 Å². The van der Waals surface area contributed by atoms with Crippen molar-refractivity contribution in [3.05, 3.63) is 59.1 Å². The van der Waals surface area contributed by atoms with Gasteiger partial charge in [-0.25, -0.2) is 0 Å². The van der Waals surface area contributed by atoms with Gasteiger partial charge in [-0.1, -0.05) is 49.7 Å². The quantitative estimate of drug-likeness (QED) is 0.854. The molecule has 0 fully saturated rings. The van der Waals surface area contributed by atoms with Crippen molar-refractivity contribution in [3.63, 3.8) is 0 Å². The highest BCUT2D eigenvalue weighted by Crippen LogP contribution is 2.27. The fourth-order valence-corrected chi connectivity index (χ4v) is 2.31. The van der Waals surface area contributed by atoms with Crippen LogP contribution in [-0.2, 0) is 4.79 Å². The van der Waals surface area contributed by atoms with Gasteiger partial charge < -0.3 is 10.1 Å². The SMILES string of the molecule is CC(C)c1ccccc1O[C@H](C)C(=O)Nc1cccc(Cl)c1. The molecule has 0 aliphatic rings. The number of nitrogens with one attached hydrogen (secondary N) is 1. The zero-order valence-electron chi connectivity index (χ0n) is 13.0. The van der Waals surface area contributed by atoms with Gasteiger partial charge in [-0.15, -0.1) is 0 Å². The molecule has 1 atom stereocenters. The number of benzene rings is 2. The van der Waals surface area contributed by atoms with Gasteiger partial charge in [0.25, 0.3) is 5.91 Å². The summed E-state index contributed by atoms with van der Waals surface area (Å²) in [5, 5.41) is 3.38. The van der Waals surface area contributed by atoms with Crippen LogP contribution in [0.3, 0.4) is 0 Å². The third-order valence-electron chi connectivity index (χ3n) is 3.31. The van der Waals surface area contributed by atoms with Gasteiger partial charge in [-0.3, -0.25) is 4.79 Å². The number of amides is 1. The van der Waals surface area contributed by atoms with E-state index in [-0.39, 0.29) is 5.91 Å². The van der Waals surface area contributed by atoms with Crippen LogP contribution in [0, 0.1) is 0 Å². The zero-order valence-corrected chi connectivity index (χ0v) is 13.7. The number of rotatable bonds is 5. The smallest absolute Gasteiger partial charge is 0.265 e. The maximum absolute atomic E-state index is 12.2. The van der Waals surface area contributed by atoms with Gasteiger partial charge in [-0.2, -0.15) is 0 Å². The Morgan fingerprint density at radius 1 is 1.09 bits per heavy atom. The zero-order chi connectivity index (χ0) is 16.1. The first-order chi connectivity index (χ1) is 10.5. The number of ether oxygens (including phenoxy) is 1. The van der Waals surface area contributed by atoms with Crippen LogP contribution in [0.1, 0.15) is 32.3 Å². The van der Waals surface area contributed by atoms with Crippen molar-refractivity contribution in [2.75, 3.05) is 5.32 Å². The van der Waals surface area contributed by atoms with E-state index in [1.54, 1.807) is 31.2 Å². The van der Waals surface area contributed by atoms with Crippen molar-refractivity contribution < 1.29 is 9.53 Å². The molecule has 0 saturated heterocycles. The van der Waals surface area contributed by atoms with Crippen LogP contribution in [0.5, 0.6) is 5.75 Å². The maximum atomic E-state index is 12.2. The van der Waals surface area contributed by atoms with Crippen LogP contribution in [0.2, 0.25) is 5.02 Å². The number of anilines is 1. The van der Waals surface area contributed by atoms with E-state index < -0.39 is 6.10 Å². The Labute approximate surface area is 136 Å². The first-order valence-corrected chi connectivity index (χ1v) is 7.67. The third kappa shape index (κ3) is 4.25. The maximum Gasteiger partial charge on any atom is 0.265 e. The number of hydrogen-bond donors (Lipinski definition) is 1.